The minimum atomic E-state index is 0. The van der Waals surface area contributed by atoms with Gasteiger partial charge < -0.3 is 9.40 Å². The molecule has 1 N–H and O–H groups in total. The van der Waals surface area contributed by atoms with E-state index in [-0.39, 0.29) is 1.43 Å². The van der Waals surface area contributed by atoms with Crippen molar-refractivity contribution in [2.75, 3.05) is 0 Å². The molecule has 0 amide bonds. The maximum atomic E-state index is 5.87. The minimum absolute atomic E-state index is 0. The van der Waals surface area contributed by atoms with Gasteiger partial charge in [-0.3, -0.25) is 0 Å². The Morgan fingerprint density at radius 1 is 0.875 bits per heavy atom. The highest BCUT2D eigenvalue weighted by molar-refractivity contribution is 6.14. The van der Waals surface area contributed by atoms with Crippen molar-refractivity contribution in [3.63, 3.8) is 0 Å². The number of benzene rings is 2. The summed E-state index contributed by atoms with van der Waals surface area (Å²) in [5.74, 6) is 0. The van der Waals surface area contributed by atoms with Crippen molar-refractivity contribution in [3.05, 3.63) is 48.5 Å². The SMILES string of the molecule is [HH].c1ccc2c(c1)[nH]c1c3ccccc3oc21. The Morgan fingerprint density at radius 2 is 1.62 bits per heavy atom. The highest BCUT2D eigenvalue weighted by Gasteiger charge is 2.11. The van der Waals surface area contributed by atoms with Gasteiger partial charge in [0, 0.05) is 17.7 Å². The Morgan fingerprint density at radius 3 is 2.56 bits per heavy atom. The number of aromatic amines is 1. The van der Waals surface area contributed by atoms with Crippen LogP contribution in [-0.2, 0) is 0 Å². The van der Waals surface area contributed by atoms with Crippen LogP contribution >= 0.6 is 0 Å². The van der Waals surface area contributed by atoms with Crippen molar-refractivity contribution < 1.29 is 5.84 Å². The van der Waals surface area contributed by atoms with Crippen molar-refractivity contribution in [3.8, 4) is 0 Å². The number of hydrogen-bond acceptors (Lipinski definition) is 1. The maximum Gasteiger partial charge on any atom is 0.160 e. The predicted octanol–water partition coefficient (Wildman–Crippen LogP) is 4.31. The molecule has 0 bridgehead atoms. The van der Waals surface area contributed by atoms with Gasteiger partial charge in [0.25, 0.3) is 0 Å². The zero-order chi connectivity index (χ0) is 10.5. The van der Waals surface area contributed by atoms with Crippen LogP contribution in [0.2, 0.25) is 0 Å². The molecule has 0 aliphatic heterocycles. The van der Waals surface area contributed by atoms with E-state index >= 15 is 0 Å². The topological polar surface area (TPSA) is 28.9 Å². The van der Waals surface area contributed by atoms with E-state index in [0.717, 1.165) is 33.0 Å². The van der Waals surface area contributed by atoms with E-state index in [4.69, 9.17) is 4.42 Å². The van der Waals surface area contributed by atoms with Crippen LogP contribution in [-0.4, -0.2) is 4.98 Å². The standard InChI is InChI=1S/C14H9NO.H2/c1-3-7-11-9(5-1)14-13(15-11)10-6-2-4-8-12(10)16-14;/h1-8,15H;1H. The smallest absolute Gasteiger partial charge is 0.160 e. The Balaban J connectivity index is 0.000000902. The summed E-state index contributed by atoms with van der Waals surface area (Å²) in [5, 5.41) is 2.29. The lowest BCUT2D eigenvalue weighted by Crippen LogP contribution is -1.67. The number of fused-ring (bicyclic) bond motifs is 5. The molecule has 2 nitrogen and oxygen atoms in total. The number of rotatable bonds is 0. The normalized spacial score (nSPS) is 11.8. The van der Waals surface area contributed by atoms with Crippen molar-refractivity contribution in [2.24, 2.45) is 0 Å². The van der Waals surface area contributed by atoms with Crippen LogP contribution in [0.25, 0.3) is 33.0 Å². The van der Waals surface area contributed by atoms with Crippen molar-refractivity contribution in [2.45, 2.75) is 0 Å². The first-order valence-corrected chi connectivity index (χ1v) is 5.31. The molecule has 0 fully saturated rings. The summed E-state index contributed by atoms with van der Waals surface area (Å²) in [7, 11) is 0. The number of hydrogen-bond donors (Lipinski definition) is 1. The van der Waals surface area contributed by atoms with Gasteiger partial charge in [-0.1, -0.05) is 24.3 Å². The molecule has 4 rings (SSSR count). The molecule has 78 valence electrons. The van der Waals surface area contributed by atoms with Gasteiger partial charge in [0.15, 0.2) is 5.58 Å². The van der Waals surface area contributed by atoms with E-state index < -0.39 is 0 Å². The number of H-pyrrole nitrogens is 1. The van der Waals surface area contributed by atoms with Gasteiger partial charge >= 0.3 is 0 Å². The van der Waals surface area contributed by atoms with Crippen LogP contribution in [0.4, 0.5) is 0 Å². The summed E-state index contributed by atoms with van der Waals surface area (Å²) in [6.45, 7) is 0. The Hall–Kier alpha value is -2.22. The molecular weight excluding hydrogens is 198 g/mol. The fraction of sp³-hybridized carbons (Fsp3) is 0. The van der Waals surface area contributed by atoms with Crippen molar-refractivity contribution in [1.29, 1.82) is 0 Å². The molecule has 0 saturated carbocycles. The molecular formula is C14H11NO. The minimum Gasteiger partial charge on any atom is -0.454 e. The number of aromatic nitrogens is 1. The van der Waals surface area contributed by atoms with E-state index in [2.05, 4.69) is 23.2 Å². The van der Waals surface area contributed by atoms with E-state index in [1.54, 1.807) is 0 Å². The third-order valence-corrected chi connectivity index (χ3v) is 3.03. The van der Waals surface area contributed by atoms with Crippen LogP contribution in [0, 0.1) is 0 Å². The molecule has 2 aromatic heterocycles. The molecule has 0 spiro atoms. The van der Waals surface area contributed by atoms with Gasteiger partial charge in [0.05, 0.1) is 5.52 Å². The summed E-state index contributed by atoms with van der Waals surface area (Å²) in [4.78, 5) is 3.41. The van der Waals surface area contributed by atoms with Crippen LogP contribution in [0.1, 0.15) is 1.43 Å². The average Bonchev–Trinajstić information content (AvgIpc) is 2.85. The quantitative estimate of drug-likeness (QED) is 0.459. The van der Waals surface area contributed by atoms with E-state index in [0.29, 0.717) is 0 Å². The van der Waals surface area contributed by atoms with Gasteiger partial charge in [-0.25, -0.2) is 0 Å². The Bertz CT molecular complexity index is 743. The van der Waals surface area contributed by atoms with Crippen LogP contribution < -0.4 is 0 Å². The monoisotopic (exact) mass is 209 g/mol. The summed E-state index contributed by atoms with van der Waals surface area (Å²) >= 11 is 0. The Kier molecular flexibility index (Phi) is 1.33. The lowest BCUT2D eigenvalue weighted by atomic mass is 10.2. The first-order valence-electron chi connectivity index (χ1n) is 5.31. The molecule has 0 radical (unpaired) electrons. The molecule has 2 aromatic carbocycles. The van der Waals surface area contributed by atoms with Gasteiger partial charge in [-0.05, 0) is 24.3 Å². The highest BCUT2D eigenvalue weighted by Crippen LogP contribution is 2.33. The lowest BCUT2D eigenvalue weighted by molar-refractivity contribution is 0.673. The first kappa shape index (κ1) is 7.99. The van der Waals surface area contributed by atoms with Crippen molar-refractivity contribution in [1.82, 2.24) is 4.98 Å². The number of para-hydroxylation sites is 2. The van der Waals surface area contributed by atoms with Crippen molar-refractivity contribution >= 4 is 33.0 Å². The number of nitrogens with one attached hydrogen (secondary N) is 1. The van der Waals surface area contributed by atoms with Crippen LogP contribution in [0.3, 0.4) is 0 Å². The largest absolute Gasteiger partial charge is 0.454 e. The third kappa shape index (κ3) is 0.865. The van der Waals surface area contributed by atoms with Gasteiger partial charge in [0.1, 0.15) is 5.58 Å². The second-order valence-corrected chi connectivity index (χ2v) is 3.97. The molecule has 2 heteroatoms. The summed E-state index contributed by atoms with van der Waals surface area (Å²) in [6, 6.07) is 16.3. The molecule has 4 aromatic rings. The molecule has 0 aliphatic carbocycles. The second-order valence-electron chi connectivity index (χ2n) is 3.97. The maximum absolute atomic E-state index is 5.87. The van der Waals surface area contributed by atoms with Crippen LogP contribution in [0.5, 0.6) is 0 Å². The van der Waals surface area contributed by atoms with Gasteiger partial charge in [-0.2, -0.15) is 0 Å². The Labute approximate surface area is 93.0 Å². The highest BCUT2D eigenvalue weighted by atomic mass is 16.3. The molecule has 16 heavy (non-hydrogen) atoms. The summed E-state index contributed by atoms with van der Waals surface area (Å²) < 4.78 is 5.87. The van der Waals surface area contributed by atoms with E-state index in [9.17, 15) is 0 Å². The van der Waals surface area contributed by atoms with E-state index in [1.807, 2.05) is 30.3 Å². The molecule has 0 unspecified atom stereocenters. The summed E-state index contributed by atoms with van der Waals surface area (Å²) in [6.07, 6.45) is 0. The van der Waals surface area contributed by atoms with Gasteiger partial charge in [0.2, 0.25) is 0 Å². The molecule has 0 saturated heterocycles. The fourth-order valence-corrected chi connectivity index (χ4v) is 2.28. The zero-order valence-electron chi connectivity index (χ0n) is 8.53. The third-order valence-electron chi connectivity index (χ3n) is 3.03. The molecule has 2 heterocycles. The van der Waals surface area contributed by atoms with Crippen LogP contribution in [0.15, 0.2) is 52.9 Å². The van der Waals surface area contributed by atoms with Gasteiger partial charge in [-0.15, -0.1) is 0 Å². The summed E-state index contributed by atoms with van der Waals surface area (Å²) in [5.41, 5.74) is 4.12. The first-order chi connectivity index (χ1) is 7.93. The average molecular weight is 209 g/mol. The zero-order valence-corrected chi connectivity index (χ0v) is 8.53. The fourth-order valence-electron chi connectivity index (χ4n) is 2.28. The molecule has 0 atom stereocenters. The predicted molar refractivity (Wildman–Crippen MR) is 67.7 cm³/mol. The lowest BCUT2D eigenvalue weighted by Gasteiger charge is -1.88. The number of furan rings is 1. The van der Waals surface area contributed by atoms with E-state index in [1.165, 1.54) is 0 Å². The molecule has 0 aliphatic rings. The second kappa shape index (κ2) is 2.67.